The number of nitrogens with zero attached hydrogens (tertiary/aromatic N) is 3. The molecule has 0 saturated carbocycles. The molecule has 1 N–H and O–H groups in total. The second-order valence-corrected chi connectivity index (χ2v) is 5.92. The number of rotatable bonds is 6. The van der Waals surface area contributed by atoms with E-state index in [2.05, 4.69) is 15.5 Å². The molecule has 1 amide bonds. The summed E-state index contributed by atoms with van der Waals surface area (Å²) in [7, 11) is 0. The molecule has 1 heterocycles. The van der Waals surface area contributed by atoms with Crippen LogP contribution in [0.3, 0.4) is 0 Å². The van der Waals surface area contributed by atoms with Crippen molar-refractivity contribution in [2.75, 3.05) is 11.1 Å². The Balaban J connectivity index is 1.59. The fourth-order valence-corrected chi connectivity index (χ4v) is 2.55. The van der Waals surface area contributed by atoms with Crippen LogP contribution in [0.15, 0.2) is 58.2 Å². The lowest BCUT2D eigenvalue weighted by Crippen LogP contribution is -2.14. The minimum Gasteiger partial charge on any atom is -0.411 e. The molecule has 0 fully saturated rings. The van der Waals surface area contributed by atoms with Crippen LogP contribution in [-0.4, -0.2) is 26.8 Å². The van der Waals surface area contributed by atoms with Crippen LogP contribution in [0.1, 0.15) is 0 Å². The minimum atomic E-state index is -0.524. The van der Waals surface area contributed by atoms with Crippen molar-refractivity contribution < 1.29 is 18.5 Å². The number of hydrogen-bond donors (Lipinski definition) is 1. The zero-order valence-electron chi connectivity index (χ0n) is 13.1. The molecule has 0 spiro atoms. The number of anilines is 1. The second kappa shape index (κ2) is 7.74. The maximum absolute atomic E-state index is 13.5. The van der Waals surface area contributed by atoms with Crippen molar-refractivity contribution in [2.24, 2.45) is 0 Å². The number of hydrogen-bond acceptors (Lipinski definition) is 7. The summed E-state index contributed by atoms with van der Waals surface area (Å²) in [6, 6.07) is 11.5. The molecule has 3 aromatic rings. The highest BCUT2D eigenvalue weighted by Gasteiger charge is 2.13. The number of nitrogens with one attached hydrogen (secondary N) is 1. The van der Waals surface area contributed by atoms with Crippen molar-refractivity contribution in [1.29, 1.82) is 0 Å². The van der Waals surface area contributed by atoms with Crippen molar-refractivity contribution in [3.8, 4) is 11.5 Å². The van der Waals surface area contributed by atoms with Gasteiger partial charge in [-0.3, -0.25) is 14.9 Å². The van der Waals surface area contributed by atoms with E-state index in [9.17, 15) is 19.3 Å². The van der Waals surface area contributed by atoms with E-state index in [4.69, 9.17) is 4.42 Å². The Hall–Kier alpha value is -3.27. The van der Waals surface area contributed by atoms with Gasteiger partial charge in [-0.05, 0) is 24.3 Å². The molecule has 0 aliphatic carbocycles. The van der Waals surface area contributed by atoms with Gasteiger partial charge in [0.25, 0.3) is 10.9 Å². The van der Waals surface area contributed by atoms with Crippen molar-refractivity contribution in [3.05, 3.63) is 64.5 Å². The minimum absolute atomic E-state index is 0.0454. The zero-order chi connectivity index (χ0) is 18.5. The first-order chi connectivity index (χ1) is 12.5. The van der Waals surface area contributed by atoms with Crippen molar-refractivity contribution >= 4 is 29.0 Å². The Labute approximate surface area is 150 Å². The van der Waals surface area contributed by atoms with Gasteiger partial charge in [0, 0.05) is 17.7 Å². The number of halogens is 1. The first-order valence-corrected chi connectivity index (χ1v) is 8.27. The molecule has 0 saturated heterocycles. The number of aromatic nitrogens is 2. The Morgan fingerprint density at radius 2 is 1.92 bits per heavy atom. The maximum atomic E-state index is 13.5. The molecule has 0 aliphatic rings. The van der Waals surface area contributed by atoms with Crippen LogP contribution in [0.4, 0.5) is 15.8 Å². The van der Waals surface area contributed by atoms with Gasteiger partial charge in [0.2, 0.25) is 11.8 Å². The van der Waals surface area contributed by atoms with E-state index in [0.29, 0.717) is 5.56 Å². The molecule has 8 nitrogen and oxygen atoms in total. The quantitative estimate of drug-likeness (QED) is 0.399. The normalized spacial score (nSPS) is 10.5. The Bertz CT molecular complexity index is 945. The number of non-ortho nitro benzene ring substituents is 1. The van der Waals surface area contributed by atoms with E-state index in [1.165, 1.54) is 42.5 Å². The summed E-state index contributed by atoms with van der Waals surface area (Å²) in [5.74, 6) is -0.813. The lowest BCUT2D eigenvalue weighted by molar-refractivity contribution is -0.384. The number of benzene rings is 2. The second-order valence-electron chi connectivity index (χ2n) is 4.99. The van der Waals surface area contributed by atoms with Gasteiger partial charge in [0.15, 0.2) is 0 Å². The molecular formula is C16H11FN4O4S. The monoisotopic (exact) mass is 374 g/mol. The first-order valence-electron chi connectivity index (χ1n) is 7.28. The molecule has 1 aromatic heterocycles. The van der Waals surface area contributed by atoms with Crippen LogP contribution < -0.4 is 5.32 Å². The SMILES string of the molecule is O=C(CSc1nnc(-c2ccc([N+](=O)[O-])cc2)o1)Nc1ccccc1F. The van der Waals surface area contributed by atoms with Crippen LogP contribution >= 0.6 is 11.8 Å². The third-order valence-electron chi connectivity index (χ3n) is 3.21. The maximum Gasteiger partial charge on any atom is 0.277 e. The molecule has 26 heavy (non-hydrogen) atoms. The van der Waals surface area contributed by atoms with Crippen molar-refractivity contribution in [1.82, 2.24) is 10.2 Å². The van der Waals surface area contributed by atoms with E-state index >= 15 is 0 Å². The summed E-state index contributed by atoms with van der Waals surface area (Å²) in [6.45, 7) is 0. The zero-order valence-corrected chi connectivity index (χ0v) is 13.9. The van der Waals surface area contributed by atoms with E-state index in [1.807, 2.05) is 0 Å². The molecule has 0 unspecified atom stereocenters. The van der Waals surface area contributed by atoms with E-state index in [0.717, 1.165) is 11.8 Å². The fraction of sp³-hybridized carbons (Fsp3) is 0.0625. The number of carbonyl (C=O) groups excluding carboxylic acids is 1. The molecule has 2 aromatic carbocycles. The van der Waals surface area contributed by atoms with Crippen LogP contribution in [0.25, 0.3) is 11.5 Å². The summed E-state index contributed by atoms with van der Waals surface area (Å²) < 4.78 is 18.9. The number of thioether (sulfide) groups is 1. The summed E-state index contributed by atoms with van der Waals surface area (Å²) in [5, 5.41) is 20.9. The highest BCUT2D eigenvalue weighted by atomic mass is 32.2. The van der Waals surface area contributed by atoms with Gasteiger partial charge in [-0.2, -0.15) is 0 Å². The Morgan fingerprint density at radius 1 is 1.19 bits per heavy atom. The number of amides is 1. The number of carbonyl (C=O) groups is 1. The molecule has 10 heteroatoms. The summed E-state index contributed by atoms with van der Waals surface area (Å²) >= 11 is 0.994. The molecule has 132 valence electrons. The van der Waals surface area contributed by atoms with Gasteiger partial charge in [0.1, 0.15) is 5.82 Å². The van der Waals surface area contributed by atoms with Crippen LogP contribution in [-0.2, 0) is 4.79 Å². The van der Waals surface area contributed by atoms with Gasteiger partial charge in [-0.1, -0.05) is 23.9 Å². The highest BCUT2D eigenvalue weighted by molar-refractivity contribution is 7.99. The molecule has 0 aliphatic heterocycles. The van der Waals surface area contributed by atoms with Crippen molar-refractivity contribution in [2.45, 2.75) is 5.22 Å². The van der Waals surface area contributed by atoms with Crippen LogP contribution in [0, 0.1) is 15.9 Å². The summed E-state index contributed by atoms with van der Waals surface area (Å²) in [6.07, 6.45) is 0. The fourth-order valence-electron chi connectivity index (χ4n) is 1.99. The summed E-state index contributed by atoms with van der Waals surface area (Å²) in [5.41, 5.74) is 0.564. The Morgan fingerprint density at radius 3 is 2.62 bits per heavy atom. The van der Waals surface area contributed by atoms with Crippen molar-refractivity contribution in [3.63, 3.8) is 0 Å². The van der Waals surface area contributed by atoms with E-state index in [1.54, 1.807) is 6.07 Å². The van der Waals surface area contributed by atoms with E-state index < -0.39 is 16.6 Å². The summed E-state index contributed by atoms with van der Waals surface area (Å²) in [4.78, 5) is 22.0. The molecule has 0 bridgehead atoms. The number of nitro groups is 1. The third-order valence-corrected chi connectivity index (χ3v) is 4.02. The number of nitro benzene ring substituents is 1. The van der Waals surface area contributed by atoms with E-state index in [-0.39, 0.29) is 28.2 Å². The van der Waals surface area contributed by atoms with Gasteiger partial charge in [-0.25, -0.2) is 4.39 Å². The average Bonchev–Trinajstić information content (AvgIpc) is 3.11. The van der Waals surface area contributed by atoms with Gasteiger partial charge >= 0.3 is 0 Å². The predicted octanol–water partition coefficient (Wildman–Crippen LogP) is 3.51. The lowest BCUT2D eigenvalue weighted by Gasteiger charge is -2.04. The van der Waals surface area contributed by atoms with Gasteiger partial charge < -0.3 is 9.73 Å². The third kappa shape index (κ3) is 4.22. The molecule has 0 atom stereocenters. The topological polar surface area (TPSA) is 111 Å². The molecule has 3 rings (SSSR count). The predicted molar refractivity (Wildman–Crippen MR) is 92.1 cm³/mol. The van der Waals surface area contributed by atoms with Crippen LogP contribution in [0.5, 0.6) is 0 Å². The molecule has 0 radical (unpaired) electrons. The first kappa shape index (κ1) is 17.5. The van der Waals surface area contributed by atoms with Gasteiger partial charge in [0.05, 0.1) is 16.4 Å². The highest BCUT2D eigenvalue weighted by Crippen LogP contribution is 2.25. The lowest BCUT2D eigenvalue weighted by atomic mass is 10.2. The van der Waals surface area contributed by atoms with Crippen LogP contribution in [0.2, 0.25) is 0 Å². The van der Waals surface area contributed by atoms with Gasteiger partial charge in [-0.15, -0.1) is 10.2 Å². The average molecular weight is 374 g/mol. The largest absolute Gasteiger partial charge is 0.411 e. The Kier molecular flexibility index (Phi) is 5.23. The smallest absolute Gasteiger partial charge is 0.277 e. The number of para-hydroxylation sites is 1. The molecular weight excluding hydrogens is 363 g/mol. The standard InChI is InChI=1S/C16H11FN4O4S/c17-12-3-1-2-4-13(12)18-14(22)9-26-16-20-19-15(25-16)10-5-7-11(8-6-10)21(23)24/h1-8H,9H2,(H,18,22).